The van der Waals surface area contributed by atoms with Crippen molar-refractivity contribution in [2.24, 2.45) is 11.3 Å². The molecule has 3 fully saturated rings. The second-order valence-electron chi connectivity index (χ2n) is 8.00. The van der Waals surface area contributed by atoms with E-state index in [4.69, 9.17) is 0 Å². The number of nitrogens with zero attached hydrogens (tertiary/aromatic N) is 1. The molecule has 6 heteroatoms. The maximum absolute atomic E-state index is 14.7. The van der Waals surface area contributed by atoms with Gasteiger partial charge in [-0.2, -0.15) is 0 Å². The Hall–Kier alpha value is -2.24. The zero-order chi connectivity index (χ0) is 18.3. The Bertz CT molecular complexity index is 747. The molecule has 0 bridgehead atoms. The van der Waals surface area contributed by atoms with E-state index in [1.807, 2.05) is 6.07 Å². The number of carbonyl (C=O) groups excluding carboxylic acids is 3. The van der Waals surface area contributed by atoms with Crippen LogP contribution in [0.3, 0.4) is 0 Å². The van der Waals surface area contributed by atoms with Crippen LogP contribution < -0.4 is 10.2 Å². The molecule has 5 nitrogen and oxygen atoms in total. The Balaban J connectivity index is 1.43. The molecule has 1 atom stereocenters. The number of rotatable bonds is 3. The van der Waals surface area contributed by atoms with Crippen LogP contribution in [-0.2, 0) is 14.4 Å². The van der Waals surface area contributed by atoms with E-state index in [0.717, 1.165) is 50.7 Å². The van der Waals surface area contributed by atoms with E-state index in [0.29, 0.717) is 17.4 Å². The molecule has 0 radical (unpaired) electrons. The second-order valence-corrected chi connectivity index (χ2v) is 8.00. The highest BCUT2D eigenvalue weighted by atomic mass is 19.1. The van der Waals surface area contributed by atoms with Crippen LogP contribution in [0.1, 0.15) is 50.0 Å². The Morgan fingerprint density at radius 2 is 1.92 bits per heavy atom. The molecule has 3 aliphatic rings. The predicted octanol–water partition coefficient (Wildman–Crippen LogP) is 2.54. The van der Waals surface area contributed by atoms with Gasteiger partial charge in [-0.05, 0) is 49.7 Å². The van der Waals surface area contributed by atoms with Crippen molar-refractivity contribution in [1.82, 2.24) is 5.32 Å². The van der Waals surface area contributed by atoms with Gasteiger partial charge in [0.2, 0.25) is 11.8 Å². The van der Waals surface area contributed by atoms with E-state index in [-0.39, 0.29) is 24.1 Å². The van der Waals surface area contributed by atoms with E-state index in [2.05, 4.69) is 10.2 Å². The standard InChI is InChI=1S/C20H23FN2O3/c21-17-9-14(1-2-15(17)16-3-4-18(25)22-19(16)26)23-7-5-20(6-8-23)10-13(11-20)12-24/h1-2,9,12-13,16H,3-8,10-11H2,(H,22,25,26). The summed E-state index contributed by atoms with van der Waals surface area (Å²) in [4.78, 5) is 36.3. The van der Waals surface area contributed by atoms with Gasteiger partial charge >= 0.3 is 0 Å². The number of carbonyl (C=O) groups is 3. The number of halogens is 1. The van der Waals surface area contributed by atoms with Crippen molar-refractivity contribution in [3.63, 3.8) is 0 Å². The molecule has 2 heterocycles. The van der Waals surface area contributed by atoms with E-state index in [9.17, 15) is 18.8 Å². The van der Waals surface area contributed by atoms with Gasteiger partial charge in [-0.1, -0.05) is 6.07 Å². The fraction of sp³-hybridized carbons (Fsp3) is 0.550. The highest BCUT2D eigenvalue weighted by molar-refractivity contribution is 6.01. The normalized spacial score (nSPS) is 25.7. The molecule has 1 aromatic carbocycles. The highest BCUT2D eigenvalue weighted by Crippen LogP contribution is 2.52. The average Bonchev–Trinajstić information content (AvgIpc) is 2.60. The van der Waals surface area contributed by atoms with Crippen LogP contribution in [0.2, 0.25) is 0 Å². The summed E-state index contributed by atoms with van der Waals surface area (Å²) in [6.07, 6.45) is 5.72. The van der Waals surface area contributed by atoms with Gasteiger partial charge in [-0.3, -0.25) is 14.9 Å². The third kappa shape index (κ3) is 3.02. The molecule has 1 unspecified atom stereocenters. The monoisotopic (exact) mass is 358 g/mol. The number of aldehydes is 1. The molecule has 4 rings (SSSR count). The molecular formula is C20H23FN2O3. The Morgan fingerprint density at radius 3 is 2.54 bits per heavy atom. The number of amides is 2. The molecule has 1 spiro atoms. The van der Waals surface area contributed by atoms with Crippen molar-refractivity contribution in [2.75, 3.05) is 18.0 Å². The summed E-state index contributed by atoms with van der Waals surface area (Å²) in [6, 6.07) is 5.06. The first kappa shape index (κ1) is 17.2. The van der Waals surface area contributed by atoms with Crippen molar-refractivity contribution in [1.29, 1.82) is 0 Å². The number of hydrogen-bond donors (Lipinski definition) is 1. The Kier molecular flexibility index (Phi) is 4.29. The molecule has 26 heavy (non-hydrogen) atoms. The van der Waals surface area contributed by atoms with Crippen LogP contribution in [0.4, 0.5) is 10.1 Å². The average molecular weight is 358 g/mol. The lowest BCUT2D eigenvalue weighted by Gasteiger charge is -2.51. The zero-order valence-electron chi connectivity index (χ0n) is 14.7. The van der Waals surface area contributed by atoms with Crippen LogP contribution >= 0.6 is 0 Å². The quantitative estimate of drug-likeness (QED) is 0.666. The van der Waals surface area contributed by atoms with Gasteiger partial charge in [0, 0.05) is 36.7 Å². The molecule has 0 aromatic heterocycles. The topological polar surface area (TPSA) is 66.5 Å². The summed E-state index contributed by atoms with van der Waals surface area (Å²) < 4.78 is 14.7. The lowest BCUT2D eigenvalue weighted by molar-refractivity contribution is -0.134. The fourth-order valence-corrected chi connectivity index (χ4v) is 4.78. The molecule has 2 saturated heterocycles. The maximum Gasteiger partial charge on any atom is 0.234 e. The summed E-state index contributed by atoms with van der Waals surface area (Å²) in [5.41, 5.74) is 1.51. The molecule has 138 valence electrons. The SMILES string of the molecule is O=CC1CC2(CCN(c3ccc(C4CCC(=O)NC4=O)c(F)c3)CC2)C1. The van der Waals surface area contributed by atoms with Crippen LogP contribution in [-0.4, -0.2) is 31.2 Å². The van der Waals surface area contributed by atoms with Crippen LogP contribution in [0.15, 0.2) is 18.2 Å². The highest BCUT2D eigenvalue weighted by Gasteiger charge is 2.45. The smallest absolute Gasteiger partial charge is 0.234 e. The minimum Gasteiger partial charge on any atom is -0.371 e. The van der Waals surface area contributed by atoms with Crippen molar-refractivity contribution < 1.29 is 18.8 Å². The first-order valence-corrected chi connectivity index (χ1v) is 9.33. The summed E-state index contributed by atoms with van der Waals surface area (Å²) in [5, 5.41) is 2.28. The zero-order valence-corrected chi connectivity index (χ0v) is 14.7. The van der Waals surface area contributed by atoms with E-state index in [1.54, 1.807) is 6.07 Å². The Morgan fingerprint density at radius 1 is 1.19 bits per heavy atom. The minimum absolute atomic E-state index is 0.229. The first-order valence-electron chi connectivity index (χ1n) is 9.33. The minimum atomic E-state index is -0.596. The predicted molar refractivity (Wildman–Crippen MR) is 94.2 cm³/mol. The van der Waals surface area contributed by atoms with Crippen molar-refractivity contribution in [3.8, 4) is 0 Å². The Labute approximate surface area is 151 Å². The van der Waals surface area contributed by atoms with Gasteiger partial charge in [0.1, 0.15) is 12.1 Å². The number of nitrogens with one attached hydrogen (secondary N) is 1. The molecular weight excluding hydrogens is 335 g/mol. The van der Waals surface area contributed by atoms with Crippen molar-refractivity contribution in [2.45, 2.75) is 44.4 Å². The lowest BCUT2D eigenvalue weighted by Crippen LogP contribution is -2.47. The summed E-state index contributed by atoms with van der Waals surface area (Å²) in [7, 11) is 0. The number of hydrogen-bond acceptors (Lipinski definition) is 4. The van der Waals surface area contributed by atoms with Gasteiger partial charge in [-0.15, -0.1) is 0 Å². The van der Waals surface area contributed by atoms with E-state index < -0.39 is 11.8 Å². The summed E-state index contributed by atoms with van der Waals surface area (Å²) >= 11 is 0. The van der Waals surface area contributed by atoms with Crippen LogP contribution in [0.25, 0.3) is 0 Å². The van der Waals surface area contributed by atoms with Crippen molar-refractivity contribution >= 4 is 23.8 Å². The molecule has 1 aliphatic carbocycles. The summed E-state index contributed by atoms with van der Waals surface area (Å²) in [6.45, 7) is 1.73. The second kappa shape index (κ2) is 6.49. The number of piperidine rings is 2. The van der Waals surface area contributed by atoms with Gasteiger partial charge in [0.15, 0.2) is 0 Å². The molecule has 1 saturated carbocycles. The third-order valence-corrected chi connectivity index (χ3v) is 6.37. The third-order valence-electron chi connectivity index (χ3n) is 6.37. The van der Waals surface area contributed by atoms with Crippen LogP contribution in [0.5, 0.6) is 0 Å². The number of anilines is 1. The van der Waals surface area contributed by atoms with E-state index >= 15 is 0 Å². The largest absolute Gasteiger partial charge is 0.371 e. The van der Waals surface area contributed by atoms with E-state index in [1.165, 1.54) is 6.07 Å². The lowest BCUT2D eigenvalue weighted by atomic mass is 9.58. The maximum atomic E-state index is 14.7. The molecule has 1 aromatic rings. The van der Waals surface area contributed by atoms with Crippen molar-refractivity contribution in [3.05, 3.63) is 29.6 Å². The molecule has 2 aliphatic heterocycles. The number of imide groups is 1. The van der Waals surface area contributed by atoms with Crippen LogP contribution in [0, 0.1) is 17.2 Å². The van der Waals surface area contributed by atoms with Gasteiger partial charge in [-0.25, -0.2) is 4.39 Å². The number of benzene rings is 1. The summed E-state index contributed by atoms with van der Waals surface area (Å²) in [5.74, 6) is -1.46. The van der Waals surface area contributed by atoms with Gasteiger partial charge < -0.3 is 9.69 Å². The first-order chi connectivity index (χ1) is 12.5. The van der Waals surface area contributed by atoms with Gasteiger partial charge in [0.25, 0.3) is 0 Å². The molecule has 2 amide bonds. The van der Waals surface area contributed by atoms with Gasteiger partial charge in [0.05, 0.1) is 5.92 Å². The fourth-order valence-electron chi connectivity index (χ4n) is 4.78. The molecule has 1 N–H and O–H groups in total.